The minimum atomic E-state index is 0.875. The Balaban J connectivity index is 1.95. The Bertz CT molecular complexity index is 317. The second-order valence-corrected chi connectivity index (χ2v) is 4.85. The molecule has 0 aromatic carbocycles. The lowest BCUT2D eigenvalue weighted by molar-refractivity contribution is 0.332. The van der Waals surface area contributed by atoms with E-state index in [4.69, 9.17) is 0 Å². The van der Waals surface area contributed by atoms with Crippen LogP contribution in [0.1, 0.15) is 38.5 Å². The van der Waals surface area contributed by atoms with Gasteiger partial charge >= 0.3 is 0 Å². The standard InChI is InChI=1S/C14H18/c1-3-7-13-11(5-1)9-10-12-6-2-4-8-14(12)13/h1,5,9-10,13-14H,2-4,6-8H2/t13?,14-/m0/s1. The van der Waals surface area contributed by atoms with Crippen molar-refractivity contribution >= 4 is 0 Å². The number of fused-ring (bicyclic) bond motifs is 3. The molecule has 74 valence electrons. The van der Waals surface area contributed by atoms with E-state index in [9.17, 15) is 0 Å². The van der Waals surface area contributed by atoms with Crippen molar-refractivity contribution in [2.24, 2.45) is 11.8 Å². The first-order valence-electron chi connectivity index (χ1n) is 6.02. The van der Waals surface area contributed by atoms with Crippen LogP contribution in [0.25, 0.3) is 0 Å². The van der Waals surface area contributed by atoms with E-state index < -0.39 is 0 Å². The van der Waals surface area contributed by atoms with Crippen molar-refractivity contribution in [3.8, 4) is 0 Å². The van der Waals surface area contributed by atoms with Gasteiger partial charge in [-0.05, 0) is 49.5 Å². The van der Waals surface area contributed by atoms with Crippen LogP contribution < -0.4 is 0 Å². The Morgan fingerprint density at radius 3 is 3.00 bits per heavy atom. The van der Waals surface area contributed by atoms with E-state index in [0.717, 1.165) is 11.8 Å². The normalized spacial score (nSPS) is 35.4. The number of hydrogen-bond acceptors (Lipinski definition) is 0. The van der Waals surface area contributed by atoms with Crippen LogP contribution in [0.5, 0.6) is 0 Å². The molecule has 0 bridgehead atoms. The molecule has 0 amide bonds. The van der Waals surface area contributed by atoms with Crippen molar-refractivity contribution in [3.05, 3.63) is 35.5 Å². The Hall–Kier alpha value is -0.780. The summed E-state index contributed by atoms with van der Waals surface area (Å²) < 4.78 is 0. The number of hydrogen-bond donors (Lipinski definition) is 0. The molecule has 0 saturated heterocycles. The minimum absolute atomic E-state index is 0.875. The third kappa shape index (κ3) is 1.28. The summed E-state index contributed by atoms with van der Waals surface area (Å²) in [5.74, 6) is 1.79. The van der Waals surface area contributed by atoms with Crippen molar-refractivity contribution in [2.45, 2.75) is 38.5 Å². The van der Waals surface area contributed by atoms with Crippen LogP contribution in [0.4, 0.5) is 0 Å². The smallest absolute Gasteiger partial charge is 0.00934 e. The fourth-order valence-corrected chi connectivity index (χ4v) is 3.33. The topological polar surface area (TPSA) is 0 Å². The molecule has 0 heterocycles. The molecular formula is C14H18. The van der Waals surface area contributed by atoms with E-state index >= 15 is 0 Å². The largest absolute Gasteiger partial charge is 0.0842 e. The minimum Gasteiger partial charge on any atom is -0.0842 e. The molecule has 0 nitrogen and oxygen atoms in total. The van der Waals surface area contributed by atoms with Crippen LogP contribution in [-0.2, 0) is 0 Å². The predicted molar refractivity (Wildman–Crippen MR) is 60.0 cm³/mol. The second-order valence-electron chi connectivity index (χ2n) is 4.85. The van der Waals surface area contributed by atoms with E-state index in [1.54, 1.807) is 11.1 Å². The SMILES string of the molecule is C1=CC2=CC=C3CCCC[C@@H]3C2CC1. The van der Waals surface area contributed by atoms with Gasteiger partial charge in [-0.15, -0.1) is 0 Å². The summed E-state index contributed by atoms with van der Waals surface area (Å²) in [5.41, 5.74) is 3.35. The first kappa shape index (κ1) is 8.52. The quantitative estimate of drug-likeness (QED) is 0.536. The van der Waals surface area contributed by atoms with Crippen molar-refractivity contribution in [2.75, 3.05) is 0 Å². The summed E-state index contributed by atoms with van der Waals surface area (Å²) in [6.07, 6.45) is 17.9. The van der Waals surface area contributed by atoms with Crippen LogP contribution in [0.2, 0.25) is 0 Å². The molecule has 0 spiro atoms. The van der Waals surface area contributed by atoms with E-state index in [1.807, 2.05) is 0 Å². The van der Waals surface area contributed by atoms with Gasteiger partial charge in [-0.3, -0.25) is 0 Å². The fraction of sp³-hybridized carbons (Fsp3) is 0.571. The zero-order chi connectivity index (χ0) is 9.38. The van der Waals surface area contributed by atoms with Gasteiger partial charge in [0.1, 0.15) is 0 Å². The molecule has 0 N–H and O–H groups in total. The zero-order valence-electron chi connectivity index (χ0n) is 8.71. The summed E-state index contributed by atoms with van der Waals surface area (Å²) in [6.45, 7) is 0. The highest BCUT2D eigenvalue weighted by Crippen LogP contribution is 2.44. The lowest BCUT2D eigenvalue weighted by Gasteiger charge is -2.37. The maximum Gasteiger partial charge on any atom is -0.00934 e. The third-order valence-electron chi connectivity index (χ3n) is 4.07. The predicted octanol–water partition coefficient (Wildman–Crippen LogP) is 4.01. The highest BCUT2D eigenvalue weighted by atomic mass is 14.4. The molecule has 1 fully saturated rings. The molecule has 0 heteroatoms. The molecule has 0 aromatic heterocycles. The first-order valence-corrected chi connectivity index (χ1v) is 6.02. The molecule has 2 atom stereocenters. The van der Waals surface area contributed by atoms with E-state index in [2.05, 4.69) is 24.3 Å². The molecule has 0 radical (unpaired) electrons. The van der Waals surface area contributed by atoms with Crippen LogP contribution >= 0.6 is 0 Å². The van der Waals surface area contributed by atoms with Gasteiger partial charge < -0.3 is 0 Å². The Morgan fingerprint density at radius 2 is 2.00 bits per heavy atom. The molecule has 3 aliphatic carbocycles. The van der Waals surface area contributed by atoms with Gasteiger partial charge in [0.15, 0.2) is 0 Å². The van der Waals surface area contributed by atoms with E-state index in [0.29, 0.717) is 0 Å². The van der Waals surface area contributed by atoms with E-state index in [-0.39, 0.29) is 0 Å². The summed E-state index contributed by atoms with van der Waals surface area (Å²) >= 11 is 0. The molecule has 14 heavy (non-hydrogen) atoms. The molecule has 0 aromatic rings. The Labute approximate surface area is 86.4 Å². The maximum absolute atomic E-state index is 2.41. The van der Waals surface area contributed by atoms with Gasteiger partial charge in [-0.2, -0.15) is 0 Å². The molecule has 3 rings (SSSR count). The molecule has 1 unspecified atom stereocenters. The van der Waals surface area contributed by atoms with Crippen LogP contribution in [0.3, 0.4) is 0 Å². The molecule has 0 aliphatic heterocycles. The van der Waals surface area contributed by atoms with Crippen LogP contribution in [0, 0.1) is 11.8 Å². The van der Waals surface area contributed by atoms with Gasteiger partial charge in [-0.25, -0.2) is 0 Å². The van der Waals surface area contributed by atoms with Gasteiger partial charge in [0, 0.05) is 0 Å². The van der Waals surface area contributed by atoms with Gasteiger partial charge in [0.05, 0.1) is 0 Å². The maximum atomic E-state index is 2.41. The Morgan fingerprint density at radius 1 is 1.00 bits per heavy atom. The number of allylic oxidation sites excluding steroid dienone is 6. The average molecular weight is 186 g/mol. The fourth-order valence-electron chi connectivity index (χ4n) is 3.33. The summed E-state index contributed by atoms with van der Waals surface area (Å²) in [4.78, 5) is 0. The van der Waals surface area contributed by atoms with Gasteiger partial charge in [0.2, 0.25) is 0 Å². The molecule has 3 aliphatic rings. The van der Waals surface area contributed by atoms with Crippen molar-refractivity contribution in [1.82, 2.24) is 0 Å². The third-order valence-corrected chi connectivity index (χ3v) is 4.07. The monoisotopic (exact) mass is 186 g/mol. The van der Waals surface area contributed by atoms with Crippen molar-refractivity contribution < 1.29 is 0 Å². The lowest BCUT2D eigenvalue weighted by atomic mass is 9.68. The summed E-state index contributed by atoms with van der Waals surface area (Å²) in [7, 11) is 0. The number of rotatable bonds is 0. The van der Waals surface area contributed by atoms with Crippen LogP contribution in [-0.4, -0.2) is 0 Å². The summed E-state index contributed by atoms with van der Waals surface area (Å²) in [6, 6.07) is 0. The van der Waals surface area contributed by atoms with E-state index in [1.165, 1.54) is 38.5 Å². The summed E-state index contributed by atoms with van der Waals surface area (Å²) in [5, 5.41) is 0. The first-order chi connectivity index (χ1) is 6.95. The lowest BCUT2D eigenvalue weighted by Crippen LogP contribution is -2.25. The second kappa shape index (κ2) is 3.42. The highest BCUT2D eigenvalue weighted by molar-refractivity contribution is 5.37. The van der Waals surface area contributed by atoms with Crippen LogP contribution in [0.15, 0.2) is 35.5 Å². The molecular weight excluding hydrogens is 168 g/mol. The van der Waals surface area contributed by atoms with Crippen molar-refractivity contribution in [3.63, 3.8) is 0 Å². The average Bonchev–Trinajstić information content (AvgIpc) is 2.29. The van der Waals surface area contributed by atoms with Crippen molar-refractivity contribution in [1.29, 1.82) is 0 Å². The molecule has 1 saturated carbocycles. The zero-order valence-corrected chi connectivity index (χ0v) is 8.71. The van der Waals surface area contributed by atoms with Gasteiger partial charge in [0.25, 0.3) is 0 Å². The Kier molecular flexibility index (Phi) is 2.08. The van der Waals surface area contributed by atoms with Gasteiger partial charge in [-0.1, -0.05) is 36.3 Å². The highest BCUT2D eigenvalue weighted by Gasteiger charge is 2.31.